The molecular formula is C43H54O17. The van der Waals surface area contributed by atoms with E-state index in [0.29, 0.717) is 12.8 Å². The summed E-state index contributed by atoms with van der Waals surface area (Å²) in [5.74, 6) is -3.41. The number of aliphatic hydroxyl groups is 5. The molecule has 16 atom stereocenters. The summed E-state index contributed by atoms with van der Waals surface area (Å²) in [6.07, 6.45) is -8.21. The van der Waals surface area contributed by atoms with E-state index in [9.17, 15) is 49.8 Å². The fourth-order valence-corrected chi connectivity index (χ4v) is 9.95. The number of carbonyl (C=O) groups excluding carboxylic acids is 4. The van der Waals surface area contributed by atoms with Gasteiger partial charge in [-0.1, -0.05) is 12.1 Å². The van der Waals surface area contributed by atoms with Crippen LogP contribution in [0.1, 0.15) is 118 Å². The minimum Gasteiger partial charge on any atom is -0.507 e. The van der Waals surface area contributed by atoms with Crippen molar-refractivity contribution in [2.75, 3.05) is 0 Å². The van der Waals surface area contributed by atoms with Crippen molar-refractivity contribution in [3.8, 4) is 5.75 Å². The van der Waals surface area contributed by atoms with Crippen LogP contribution in [0.15, 0.2) is 35.4 Å². The monoisotopic (exact) mass is 842 g/mol. The summed E-state index contributed by atoms with van der Waals surface area (Å²) < 4.78 is 42.5. The number of fused-ring (bicyclic) bond motifs is 3. The molecule has 4 heterocycles. The summed E-state index contributed by atoms with van der Waals surface area (Å²) in [6.45, 7) is 8.02. The normalized spacial score (nSPS) is 44.7. The predicted molar refractivity (Wildman–Crippen MR) is 203 cm³/mol. The third-order valence-electron chi connectivity index (χ3n) is 13.2. The van der Waals surface area contributed by atoms with Crippen LogP contribution >= 0.6 is 0 Å². The van der Waals surface area contributed by atoms with Crippen LogP contribution in [0, 0.1) is 0 Å². The maximum absolute atomic E-state index is 14.7. The SMILES string of the molecule is C[C@@H]1O[C@@H](O[C@@H]2C[C@H](c3ccc4c(c3O)C(=O)C3=C(C4=O)[C@@]4(O[C@H]5CC[C@H](O)[C@H](C)O5)C(=O)C[C@@](C)(O)C[C@@]4(O)C=C3)O[C@H](C)[C@H]2O)CC[C@@H]1O[C@H]1CC(=O)[C@H](O)[C@@H](C)O1. The minimum absolute atomic E-state index is 0.0210. The van der Waals surface area contributed by atoms with E-state index in [1.54, 1.807) is 27.7 Å². The summed E-state index contributed by atoms with van der Waals surface area (Å²) in [5, 5.41) is 66.5. The van der Waals surface area contributed by atoms with Gasteiger partial charge in [0.1, 0.15) is 23.6 Å². The van der Waals surface area contributed by atoms with Crippen LogP contribution in [0.3, 0.4) is 0 Å². The average molecular weight is 843 g/mol. The van der Waals surface area contributed by atoms with Crippen molar-refractivity contribution >= 4 is 23.1 Å². The van der Waals surface area contributed by atoms with Crippen LogP contribution in [-0.4, -0.2) is 144 Å². The van der Waals surface area contributed by atoms with Gasteiger partial charge >= 0.3 is 0 Å². The number of aliphatic hydroxyl groups excluding tert-OH is 3. The minimum atomic E-state index is -2.47. The lowest BCUT2D eigenvalue weighted by Crippen LogP contribution is -2.71. The van der Waals surface area contributed by atoms with E-state index in [1.165, 1.54) is 31.2 Å². The van der Waals surface area contributed by atoms with Crippen molar-refractivity contribution in [2.45, 2.75) is 183 Å². The molecule has 0 bridgehead atoms. The molecule has 8 rings (SSSR count). The summed E-state index contributed by atoms with van der Waals surface area (Å²) in [5.41, 5.74) is -7.59. The van der Waals surface area contributed by atoms with Crippen molar-refractivity contribution in [1.29, 1.82) is 0 Å². The highest BCUT2D eigenvalue weighted by Crippen LogP contribution is 2.54. The first-order valence-electron chi connectivity index (χ1n) is 20.8. The van der Waals surface area contributed by atoms with Crippen LogP contribution in [0.5, 0.6) is 5.75 Å². The number of rotatable bonds is 7. The van der Waals surface area contributed by atoms with Crippen LogP contribution in [0.25, 0.3) is 0 Å². The van der Waals surface area contributed by atoms with Gasteiger partial charge in [0.25, 0.3) is 0 Å². The Kier molecular flexibility index (Phi) is 11.4. The van der Waals surface area contributed by atoms with Crippen LogP contribution in [0.4, 0.5) is 0 Å². The Morgan fingerprint density at radius 2 is 1.45 bits per heavy atom. The maximum Gasteiger partial charge on any atom is 0.198 e. The second-order valence-electron chi connectivity index (χ2n) is 17.8. The Balaban J connectivity index is 1.03. The number of allylic oxidation sites excluding steroid dienone is 2. The molecule has 1 aromatic carbocycles. The quantitative estimate of drug-likeness (QED) is 0.228. The zero-order valence-corrected chi connectivity index (χ0v) is 34.1. The van der Waals surface area contributed by atoms with Crippen molar-refractivity contribution in [2.24, 2.45) is 0 Å². The molecule has 0 spiro atoms. The molecule has 4 saturated heterocycles. The molecule has 1 saturated carbocycles. The lowest BCUT2D eigenvalue weighted by atomic mass is 9.57. The van der Waals surface area contributed by atoms with Gasteiger partial charge < -0.3 is 63.8 Å². The van der Waals surface area contributed by atoms with Crippen LogP contribution in [0.2, 0.25) is 0 Å². The smallest absolute Gasteiger partial charge is 0.198 e. The molecule has 1 aromatic rings. The molecule has 4 aliphatic heterocycles. The number of aromatic hydroxyl groups is 1. The zero-order chi connectivity index (χ0) is 43.2. The fourth-order valence-electron chi connectivity index (χ4n) is 9.95. The number of hydrogen-bond acceptors (Lipinski definition) is 17. The molecule has 7 aliphatic rings. The molecule has 0 amide bonds. The summed E-state index contributed by atoms with van der Waals surface area (Å²) in [4.78, 5) is 55.7. The van der Waals surface area contributed by atoms with Gasteiger partial charge in [0.2, 0.25) is 0 Å². The molecule has 17 nitrogen and oxygen atoms in total. The Hall–Kier alpha value is -3.30. The van der Waals surface area contributed by atoms with Crippen LogP contribution in [-0.2, 0) is 42.7 Å². The predicted octanol–water partition coefficient (Wildman–Crippen LogP) is 1.69. The Labute approximate surface area is 346 Å². The van der Waals surface area contributed by atoms with Crippen LogP contribution < -0.4 is 0 Å². The number of benzene rings is 1. The van der Waals surface area contributed by atoms with Gasteiger partial charge in [-0.3, -0.25) is 19.2 Å². The molecule has 60 heavy (non-hydrogen) atoms. The average Bonchev–Trinajstić information content (AvgIpc) is 3.17. The molecule has 0 radical (unpaired) electrons. The Morgan fingerprint density at radius 3 is 2.15 bits per heavy atom. The second-order valence-corrected chi connectivity index (χ2v) is 17.8. The number of ketones is 4. The standard InChI is InChI=1S/C43H54O17/c1-18-25(44)8-10-32(55-18)60-43-30(46)16-41(5,52)17-42(43,53)13-12-24-35(43)40(51)23-7-6-22(38(49)34(23)39(24)50)28-15-29(37(48)21(4)54-28)59-31-11-9-27(19(2)56-31)58-33-14-26(45)36(47)20(3)57-33/h6-7,12-13,18-21,25,27-29,31-33,36-37,44,47-49,52-53H,8-11,14-17H2,1-5H3/t18-,19-,20+,21+,25-,27-,28+,29+,31-,32-,33-,36+,37+,41+,42-,43-/m0/s1. The fraction of sp³-hybridized carbons (Fsp3) is 0.674. The van der Waals surface area contributed by atoms with E-state index in [1.807, 2.05) is 0 Å². The lowest BCUT2D eigenvalue weighted by molar-refractivity contribution is -0.296. The van der Waals surface area contributed by atoms with E-state index in [4.69, 9.17) is 33.2 Å². The van der Waals surface area contributed by atoms with Crippen molar-refractivity contribution < 1.29 is 83.0 Å². The highest BCUT2D eigenvalue weighted by molar-refractivity contribution is 6.32. The molecule has 0 unspecified atom stereocenters. The topological polar surface area (TPSA) is 254 Å². The number of phenolic OH excluding ortho intramolecular Hbond substituents is 1. The van der Waals surface area contributed by atoms with Gasteiger partial charge in [-0.05, 0) is 59.6 Å². The lowest BCUT2D eigenvalue weighted by Gasteiger charge is -2.55. The maximum atomic E-state index is 14.7. The number of ether oxygens (including phenoxy) is 7. The number of carbonyl (C=O) groups is 4. The van der Waals surface area contributed by atoms with Gasteiger partial charge in [-0.15, -0.1) is 0 Å². The Bertz CT molecular complexity index is 1990. The van der Waals surface area contributed by atoms with Gasteiger partial charge in [0, 0.05) is 48.8 Å². The van der Waals surface area contributed by atoms with Gasteiger partial charge in [0.05, 0.1) is 72.0 Å². The first-order chi connectivity index (χ1) is 28.2. The summed E-state index contributed by atoms with van der Waals surface area (Å²) in [7, 11) is 0. The van der Waals surface area contributed by atoms with Crippen molar-refractivity contribution in [1.82, 2.24) is 0 Å². The molecule has 3 aliphatic carbocycles. The van der Waals surface area contributed by atoms with Gasteiger partial charge in [-0.2, -0.15) is 0 Å². The molecule has 328 valence electrons. The first-order valence-corrected chi connectivity index (χ1v) is 20.8. The zero-order valence-electron chi connectivity index (χ0n) is 34.1. The van der Waals surface area contributed by atoms with E-state index in [0.717, 1.165) is 0 Å². The van der Waals surface area contributed by atoms with E-state index in [-0.39, 0.29) is 53.7 Å². The molecule has 17 heteroatoms. The number of Topliss-reactive ketones (excluding diaryl/α,β-unsaturated/α-hetero) is 4. The summed E-state index contributed by atoms with van der Waals surface area (Å²) in [6, 6.07) is 2.76. The third kappa shape index (κ3) is 7.33. The number of hydrogen-bond donors (Lipinski definition) is 6. The highest BCUT2D eigenvalue weighted by Gasteiger charge is 2.69. The van der Waals surface area contributed by atoms with Gasteiger partial charge in [0.15, 0.2) is 47.6 Å². The first kappa shape index (κ1) is 43.4. The van der Waals surface area contributed by atoms with E-state index in [2.05, 4.69) is 0 Å². The van der Waals surface area contributed by atoms with E-state index < -0.39 is 138 Å². The highest BCUT2D eigenvalue weighted by atomic mass is 16.7. The molecule has 6 N–H and O–H groups in total. The van der Waals surface area contributed by atoms with E-state index >= 15 is 0 Å². The van der Waals surface area contributed by atoms with Crippen molar-refractivity contribution in [3.63, 3.8) is 0 Å². The summed E-state index contributed by atoms with van der Waals surface area (Å²) >= 11 is 0. The van der Waals surface area contributed by atoms with Gasteiger partial charge in [-0.25, -0.2) is 0 Å². The molecule has 5 fully saturated rings. The third-order valence-corrected chi connectivity index (χ3v) is 13.2. The number of phenols is 1. The second kappa shape index (κ2) is 15.8. The largest absolute Gasteiger partial charge is 0.507 e. The molecular weight excluding hydrogens is 788 g/mol. The van der Waals surface area contributed by atoms with Crippen molar-refractivity contribution in [3.05, 3.63) is 52.1 Å². The Morgan fingerprint density at radius 1 is 0.767 bits per heavy atom. The molecule has 0 aromatic heterocycles.